The van der Waals surface area contributed by atoms with Gasteiger partial charge in [0.15, 0.2) is 0 Å². The molecule has 0 saturated carbocycles. The smallest absolute Gasteiger partial charge is 0.326 e. The standard InChI is InChI=1S/C15H19N3O5S/c1-9(2)7-11(15(20)21)17-13(19)8-16-14-10-5-3-4-6-12(10)24(22,23)18-14/h3-6,9,11H,7-8H2,1-2H3,(H,16,18)(H,17,19)(H,20,21)/t11-/m1/s1. The van der Waals surface area contributed by atoms with Crippen molar-refractivity contribution in [1.29, 1.82) is 0 Å². The molecule has 1 aromatic carbocycles. The summed E-state index contributed by atoms with van der Waals surface area (Å²) in [5, 5.41) is 11.5. The van der Waals surface area contributed by atoms with E-state index in [0.29, 0.717) is 12.0 Å². The van der Waals surface area contributed by atoms with Gasteiger partial charge in [-0.15, -0.1) is 0 Å². The molecule has 1 heterocycles. The van der Waals surface area contributed by atoms with Crippen molar-refractivity contribution < 1.29 is 23.1 Å². The largest absolute Gasteiger partial charge is 0.480 e. The maximum Gasteiger partial charge on any atom is 0.326 e. The van der Waals surface area contributed by atoms with Crippen LogP contribution in [0.5, 0.6) is 0 Å². The van der Waals surface area contributed by atoms with Crippen LogP contribution < -0.4 is 10.0 Å². The number of carboxylic acid groups (broad SMARTS) is 1. The average Bonchev–Trinajstić information content (AvgIpc) is 2.76. The highest BCUT2D eigenvalue weighted by molar-refractivity contribution is 7.90. The molecule has 0 aliphatic carbocycles. The molecule has 24 heavy (non-hydrogen) atoms. The Labute approximate surface area is 140 Å². The van der Waals surface area contributed by atoms with E-state index in [1.807, 2.05) is 13.8 Å². The maximum absolute atomic E-state index is 11.9. The van der Waals surface area contributed by atoms with E-state index in [9.17, 15) is 18.0 Å². The van der Waals surface area contributed by atoms with E-state index in [-0.39, 0.29) is 23.2 Å². The fraction of sp³-hybridized carbons (Fsp3) is 0.400. The second-order valence-electron chi connectivity index (χ2n) is 5.85. The fourth-order valence-corrected chi connectivity index (χ4v) is 3.59. The number of carboxylic acids is 1. The Kier molecular flexibility index (Phi) is 5.23. The number of nitrogens with one attached hydrogen (secondary N) is 2. The van der Waals surface area contributed by atoms with Gasteiger partial charge >= 0.3 is 5.97 Å². The van der Waals surface area contributed by atoms with Crippen LogP contribution >= 0.6 is 0 Å². The molecular formula is C15H19N3O5S. The minimum absolute atomic E-state index is 0.0801. The molecule has 0 radical (unpaired) electrons. The van der Waals surface area contributed by atoms with Gasteiger partial charge < -0.3 is 10.4 Å². The van der Waals surface area contributed by atoms with Gasteiger partial charge in [0, 0.05) is 5.56 Å². The number of hydrogen-bond acceptors (Lipinski definition) is 5. The van der Waals surface area contributed by atoms with Gasteiger partial charge in [-0.2, -0.15) is 0 Å². The summed E-state index contributed by atoms with van der Waals surface area (Å²) in [6, 6.07) is 5.30. The third-order valence-corrected chi connectivity index (χ3v) is 4.78. The number of nitrogens with zero attached hydrogens (tertiary/aromatic N) is 1. The number of carbonyl (C=O) groups excluding carboxylic acids is 1. The second kappa shape index (κ2) is 7.00. The topological polar surface area (TPSA) is 125 Å². The quantitative estimate of drug-likeness (QED) is 0.680. The van der Waals surface area contributed by atoms with Crippen molar-refractivity contribution in [1.82, 2.24) is 10.0 Å². The summed E-state index contributed by atoms with van der Waals surface area (Å²) in [4.78, 5) is 27.1. The third-order valence-electron chi connectivity index (χ3n) is 3.38. The Balaban J connectivity index is 2.09. The van der Waals surface area contributed by atoms with Crippen LogP contribution in [-0.4, -0.2) is 43.8 Å². The number of benzene rings is 1. The summed E-state index contributed by atoms with van der Waals surface area (Å²) < 4.78 is 26.1. The van der Waals surface area contributed by atoms with Crippen LogP contribution in [-0.2, 0) is 19.6 Å². The van der Waals surface area contributed by atoms with Crippen molar-refractivity contribution in [2.24, 2.45) is 10.9 Å². The zero-order valence-corrected chi connectivity index (χ0v) is 14.1. The Morgan fingerprint density at radius 2 is 1.96 bits per heavy atom. The fourth-order valence-electron chi connectivity index (χ4n) is 2.34. The summed E-state index contributed by atoms with van der Waals surface area (Å²) in [7, 11) is -3.66. The lowest BCUT2D eigenvalue weighted by Gasteiger charge is -2.15. The first-order valence-electron chi connectivity index (χ1n) is 7.39. The molecule has 1 amide bonds. The second-order valence-corrected chi connectivity index (χ2v) is 7.51. The van der Waals surface area contributed by atoms with Crippen LogP contribution in [0, 0.1) is 5.92 Å². The summed E-state index contributed by atoms with van der Waals surface area (Å²) in [6.45, 7) is 3.34. The van der Waals surface area contributed by atoms with Crippen molar-refractivity contribution in [3.05, 3.63) is 29.8 Å². The van der Waals surface area contributed by atoms with E-state index in [0.717, 1.165) is 0 Å². The number of amides is 1. The molecule has 2 rings (SSSR count). The van der Waals surface area contributed by atoms with Crippen LogP contribution in [0.15, 0.2) is 34.2 Å². The molecule has 0 unspecified atom stereocenters. The van der Waals surface area contributed by atoms with E-state index in [1.54, 1.807) is 18.2 Å². The van der Waals surface area contributed by atoms with Crippen molar-refractivity contribution in [3.63, 3.8) is 0 Å². The summed E-state index contributed by atoms with van der Waals surface area (Å²) in [6.07, 6.45) is 0.299. The van der Waals surface area contributed by atoms with Crippen LogP contribution in [0.4, 0.5) is 0 Å². The number of amidine groups is 1. The van der Waals surface area contributed by atoms with Crippen molar-refractivity contribution in [3.8, 4) is 0 Å². The number of rotatable bonds is 6. The molecule has 8 nitrogen and oxygen atoms in total. The van der Waals surface area contributed by atoms with Gasteiger partial charge in [0.25, 0.3) is 10.0 Å². The molecule has 130 valence electrons. The minimum Gasteiger partial charge on any atom is -0.480 e. The molecule has 0 fully saturated rings. The number of aliphatic imine (C=N–C) groups is 1. The van der Waals surface area contributed by atoms with Gasteiger partial charge in [-0.05, 0) is 24.5 Å². The van der Waals surface area contributed by atoms with Crippen LogP contribution in [0.2, 0.25) is 0 Å². The number of aliphatic carboxylic acids is 1. The SMILES string of the molecule is CC(C)C[C@@H](NC(=O)CN=C1NS(=O)(=O)c2ccccc21)C(=O)O. The number of sulfonamides is 1. The number of hydrogen-bond donors (Lipinski definition) is 3. The predicted molar refractivity (Wildman–Crippen MR) is 87.2 cm³/mol. The Hall–Kier alpha value is -2.42. The Morgan fingerprint density at radius 3 is 2.58 bits per heavy atom. The molecule has 0 aromatic heterocycles. The lowest BCUT2D eigenvalue weighted by molar-refractivity contribution is -0.142. The highest BCUT2D eigenvalue weighted by Gasteiger charge is 2.30. The zero-order chi connectivity index (χ0) is 17.9. The van der Waals surface area contributed by atoms with Gasteiger partial charge in [-0.1, -0.05) is 26.0 Å². The third kappa shape index (κ3) is 4.10. The molecule has 1 aliphatic rings. The van der Waals surface area contributed by atoms with Crippen LogP contribution in [0.3, 0.4) is 0 Å². The van der Waals surface area contributed by atoms with Gasteiger partial charge in [0.2, 0.25) is 5.91 Å². The molecule has 3 N–H and O–H groups in total. The first-order chi connectivity index (χ1) is 11.2. The number of carbonyl (C=O) groups is 2. The molecule has 0 bridgehead atoms. The minimum atomic E-state index is -3.66. The normalized spacial score (nSPS) is 18.0. The average molecular weight is 353 g/mol. The van der Waals surface area contributed by atoms with Crippen molar-refractivity contribution in [2.45, 2.75) is 31.2 Å². The lowest BCUT2D eigenvalue weighted by Crippen LogP contribution is -2.42. The first kappa shape index (κ1) is 17.9. The van der Waals surface area contributed by atoms with Gasteiger partial charge in [0.05, 0.1) is 4.90 Å². The van der Waals surface area contributed by atoms with Crippen LogP contribution in [0.1, 0.15) is 25.8 Å². The monoisotopic (exact) mass is 353 g/mol. The molecule has 0 spiro atoms. The lowest BCUT2D eigenvalue weighted by atomic mass is 10.0. The van der Waals surface area contributed by atoms with Crippen molar-refractivity contribution >= 4 is 27.7 Å². The highest BCUT2D eigenvalue weighted by Crippen LogP contribution is 2.21. The summed E-state index contributed by atoms with van der Waals surface area (Å²) in [5.41, 5.74) is 0.391. The maximum atomic E-state index is 11.9. The molecule has 1 aromatic rings. The number of fused-ring (bicyclic) bond motifs is 1. The summed E-state index contributed by atoms with van der Waals surface area (Å²) >= 11 is 0. The van der Waals surface area contributed by atoms with E-state index < -0.39 is 27.9 Å². The van der Waals surface area contributed by atoms with E-state index in [1.165, 1.54) is 6.07 Å². The van der Waals surface area contributed by atoms with Crippen molar-refractivity contribution in [2.75, 3.05) is 6.54 Å². The Bertz CT molecular complexity index is 786. The molecule has 0 saturated heterocycles. The molecular weight excluding hydrogens is 334 g/mol. The Morgan fingerprint density at radius 1 is 1.29 bits per heavy atom. The predicted octanol–water partition coefficient (Wildman–Crippen LogP) is 0.341. The zero-order valence-electron chi connectivity index (χ0n) is 13.3. The highest BCUT2D eigenvalue weighted by atomic mass is 32.2. The first-order valence-corrected chi connectivity index (χ1v) is 8.88. The van der Waals surface area contributed by atoms with E-state index >= 15 is 0 Å². The molecule has 1 aliphatic heterocycles. The summed E-state index contributed by atoms with van der Waals surface area (Å²) in [5.74, 6) is -1.52. The van der Waals surface area contributed by atoms with Gasteiger partial charge in [-0.3, -0.25) is 14.5 Å². The van der Waals surface area contributed by atoms with E-state index in [4.69, 9.17) is 5.11 Å². The van der Waals surface area contributed by atoms with Gasteiger partial charge in [0.1, 0.15) is 18.4 Å². The van der Waals surface area contributed by atoms with Gasteiger partial charge in [-0.25, -0.2) is 13.2 Å². The molecule has 9 heteroatoms. The molecule has 1 atom stereocenters. The van der Waals surface area contributed by atoms with Crippen LogP contribution in [0.25, 0.3) is 0 Å². The van der Waals surface area contributed by atoms with E-state index in [2.05, 4.69) is 15.0 Å².